The van der Waals surface area contributed by atoms with Crippen LogP contribution in [-0.2, 0) is 9.59 Å². The van der Waals surface area contributed by atoms with E-state index < -0.39 is 0 Å². The van der Waals surface area contributed by atoms with Gasteiger partial charge in [-0.3, -0.25) is 14.5 Å². The monoisotopic (exact) mass is 367 g/mol. The van der Waals surface area contributed by atoms with Crippen molar-refractivity contribution in [3.05, 3.63) is 54.1 Å². The van der Waals surface area contributed by atoms with E-state index in [9.17, 15) is 14.7 Å². The number of carbonyl (C=O) groups is 2. The number of para-hydroxylation sites is 2. The lowest BCUT2D eigenvalue weighted by Gasteiger charge is -2.30. The highest BCUT2D eigenvalue weighted by Gasteiger charge is 2.26. The summed E-state index contributed by atoms with van der Waals surface area (Å²) in [4.78, 5) is 26.7. The van der Waals surface area contributed by atoms with Crippen LogP contribution in [0.5, 0.6) is 5.75 Å². The number of phenols is 1. The molecule has 2 amide bonds. The summed E-state index contributed by atoms with van der Waals surface area (Å²) in [6.07, 6.45) is 1.38. The molecule has 0 spiro atoms. The summed E-state index contributed by atoms with van der Waals surface area (Å²) >= 11 is 0. The van der Waals surface area contributed by atoms with E-state index >= 15 is 0 Å². The maximum Gasteiger partial charge on any atom is 0.238 e. The first kappa shape index (κ1) is 18.9. The molecule has 2 aromatic carbocycles. The fraction of sp³-hybridized carbons (Fsp3) is 0.333. The minimum absolute atomic E-state index is 0.0438. The smallest absolute Gasteiger partial charge is 0.238 e. The summed E-state index contributed by atoms with van der Waals surface area (Å²) in [5.41, 5.74) is 2.34. The van der Waals surface area contributed by atoms with E-state index in [1.165, 1.54) is 0 Å². The van der Waals surface area contributed by atoms with Crippen molar-refractivity contribution in [1.82, 2.24) is 4.90 Å². The lowest BCUT2D eigenvalue weighted by Crippen LogP contribution is -2.41. The highest BCUT2D eigenvalue weighted by molar-refractivity contribution is 5.94. The van der Waals surface area contributed by atoms with Gasteiger partial charge in [-0.2, -0.15) is 0 Å². The fourth-order valence-corrected chi connectivity index (χ4v) is 3.29. The van der Waals surface area contributed by atoms with Gasteiger partial charge in [0.05, 0.1) is 12.2 Å². The van der Waals surface area contributed by atoms with E-state index in [1.54, 1.807) is 24.3 Å². The van der Waals surface area contributed by atoms with E-state index in [4.69, 9.17) is 0 Å². The third-order valence-corrected chi connectivity index (χ3v) is 4.79. The predicted molar refractivity (Wildman–Crippen MR) is 106 cm³/mol. The average Bonchev–Trinajstić information content (AvgIpc) is 2.64. The maximum absolute atomic E-state index is 12.4. The van der Waals surface area contributed by atoms with Gasteiger partial charge in [0, 0.05) is 11.6 Å². The molecule has 1 aliphatic heterocycles. The molecule has 6 nitrogen and oxygen atoms in total. The molecule has 1 heterocycles. The zero-order valence-corrected chi connectivity index (χ0v) is 15.4. The molecule has 1 aliphatic rings. The molecule has 1 fully saturated rings. The Kier molecular flexibility index (Phi) is 6.08. The number of rotatable bonds is 5. The number of phenolic OH excluding ortho intramolecular Hbond substituents is 1. The predicted octanol–water partition coefficient (Wildman–Crippen LogP) is 2.99. The van der Waals surface area contributed by atoms with E-state index in [1.807, 2.05) is 31.2 Å². The fourth-order valence-electron chi connectivity index (χ4n) is 3.29. The van der Waals surface area contributed by atoms with E-state index in [2.05, 4.69) is 15.5 Å². The Bertz CT molecular complexity index is 814. The van der Waals surface area contributed by atoms with E-state index in [0.29, 0.717) is 38.2 Å². The van der Waals surface area contributed by atoms with Crippen molar-refractivity contribution in [1.29, 1.82) is 0 Å². The highest BCUT2D eigenvalue weighted by Crippen LogP contribution is 2.24. The number of piperidine rings is 1. The summed E-state index contributed by atoms with van der Waals surface area (Å²) in [6.45, 7) is 3.70. The van der Waals surface area contributed by atoms with Crippen LogP contribution in [0.4, 0.5) is 11.4 Å². The minimum atomic E-state index is -0.110. The number of nitrogens with one attached hydrogen (secondary N) is 2. The molecule has 0 aliphatic carbocycles. The van der Waals surface area contributed by atoms with Gasteiger partial charge in [-0.15, -0.1) is 0 Å². The molecule has 27 heavy (non-hydrogen) atoms. The van der Waals surface area contributed by atoms with Crippen LogP contribution in [-0.4, -0.2) is 41.5 Å². The number of anilines is 2. The van der Waals surface area contributed by atoms with Crippen LogP contribution in [0.3, 0.4) is 0 Å². The third-order valence-electron chi connectivity index (χ3n) is 4.79. The standard InChI is InChI=1S/C21H25N3O3/c1-15-5-4-6-17(13-15)22-20(26)14-24-11-9-16(10-12-24)21(27)23-18-7-2-3-8-19(18)25/h2-8,13,16,25H,9-12,14H2,1H3,(H,22,26)(H,23,27). The first-order chi connectivity index (χ1) is 13.0. The minimum Gasteiger partial charge on any atom is -0.506 e. The normalized spacial score (nSPS) is 15.3. The Morgan fingerprint density at radius 3 is 2.52 bits per heavy atom. The Morgan fingerprint density at radius 1 is 1.07 bits per heavy atom. The van der Waals surface area contributed by atoms with Crippen LogP contribution in [0.2, 0.25) is 0 Å². The van der Waals surface area contributed by atoms with E-state index in [0.717, 1.165) is 11.3 Å². The van der Waals surface area contributed by atoms with Gasteiger partial charge in [0.25, 0.3) is 0 Å². The second-order valence-corrected chi connectivity index (χ2v) is 6.97. The van der Waals surface area contributed by atoms with Crippen molar-refractivity contribution in [2.45, 2.75) is 19.8 Å². The molecule has 0 radical (unpaired) electrons. The molecule has 142 valence electrons. The van der Waals surface area contributed by atoms with Crippen LogP contribution in [0.15, 0.2) is 48.5 Å². The molecule has 3 N–H and O–H groups in total. The average molecular weight is 367 g/mol. The molecule has 0 bridgehead atoms. The van der Waals surface area contributed by atoms with Crippen molar-refractivity contribution in [2.24, 2.45) is 5.92 Å². The number of nitrogens with zero attached hydrogens (tertiary/aromatic N) is 1. The van der Waals surface area contributed by atoms with Crippen molar-refractivity contribution in [3.63, 3.8) is 0 Å². The topological polar surface area (TPSA) is 81.7 Å². The maximum atomic E-state index is 12.4. The van der Waals surface area contributed by atoms with Crippen LogP contribution < -0.4 is 10.6 Å². The number of carbonyl (C=O) groups excluding carboxylic acids is 2. The lowest BCUT2D eigenvalue weighted by molar-refractivity contribution is -0.121. The second-order valence-electron chi connectivity index (χ2n) is 6.97. The molecule has 1 saturated heterocycles. The van der Waals surface area contributed by atoms with Gasteiger partial charge >= 0.3 is 0 Å². The number of aryl methyl sites for hydroxylation is 1. The highest BCUT2D eigenvalue weighted by atomic mass is 16.3. The zero-order chi connectivity index (χ0) is 19.2. The number of aromatic hydroxyl groups is 1. The largest absolute Gasteiger partial charge is 0.506 e. The van der Waals surface area contributed by atoms with Gasteiger partial charge in [-0.05, 0) is 62.7 Å². The summed E-state index contributed by atoms with van der Waals surface area (Å²) in [5, 5.41) is 15.5. The first-order valence-electron chi connectivity index (χ1n) is 9.19. The number of likely N-dealkylation sites (tertiary alicyclic amines) is 1. The van der Waals surface area contributed by atoms with Crippen LogP contribution >= 0.6 is 0 Å². The molecule has 0 unspecified atom stereocenters. The SMILES string of the molecule is Cc1cccc(NC(=O)CN2CCC(C(=O)Nc3ccccc3O)CC2)c1. The molecule has 2 aromatic rings. The van der Waals surface area contributed by atoms with Crippen LogP contribution in [0.25, 0.3) is 0 Å². The number of benzene rings is 2. The van der Waals surface area contributed by atoms with Crippen molar-refractivity contribution in [2.75, 3.05) is 30.3 Å². The summed E-state index contributed by atoms with van der Waals surface area (Å²) in [6, 6.07) is 14.4. The quantitative estimate of drug-likeness (QED) is 0.710. The molecule has 0 atom stereocenters. The van der Waals surface area contributed by atoms with Gasteiger partial charge in [-0.1, -0.05) is 24.3 Å². The third kappa shape index (κ3) is 5.31. The Hall–Kier alpha value is -2.86. The second kappa shape index (κ2) is 8.68. The van der Waals surface area contributed by atoms with Crippen molar-refractivity contribution in [3.8, 4) is 5.75 Å². The Labute approximate surface area is 159 Å². The van der Waals surface area contributed by atoms with Crippen molar-refractivity contribution >= 4 is 23.2 Å². The Morgan fingerprint density at radius 2 is 1.81 bits per heavy atom. The lowest BCUT2D eigenvalue weighted by atomic mass is 9.95. The van der Waals surface area contributed by atoms with Gasteiger partial charge in [-0.25, -0.2) is 0 Å². The number of amides is 2. The molecular weight excluding hydrogens is 342 g/mol. The number of hydrogen-bond donors (Lipinski definition) is 3. The van der Waals surface area contributed by atoms with Gasteiger partial charge in [0.1, 0.15) is 5.75 Å². The Balaban J connectivity index is 1.45. The number of hydrogen-bond acceptors (Lipinski definition) is 4. The van der Waals surface area contributed by atoms with Crippen molar-refractivity contribution < 1.29 is 14.7 Å². The first-order valence-corrected chi connectivity index (χ1v) is 9.19. The van der Waals surface area contributed by atoms with Gasteiger partial charge in [0.2, 0.25) is 11.8 Å². The molecule has 6 heteroatoms. The summed E-state index contributed by atoms with van der Waals surface area (Å²) < 4.78 is 0. The summed E-state index contributed by atoms with van der Waals surface area (Å²) in [5.74, 6) is -0.171. The molecular formula is C21H25N3O3. The summed E-state index contributed by atoms with van der Waals surface area (Å²) in [7, 11) is 0. The zero-order valence-electron chi connectivity index (χ0n) is 15.4. The van der Waals surface area contributed by atoms with Crippen LogP contribution in [0, 0.1) is 12.8 Å². The molecule has 3 rings (SSSR count). The molecule has 0 saturated carbocycles. The van der Waals surface area contributed by atoms with E-state index in [-0.39, 0.29) is 23.5 Å². The molecule has 0 aromatic heterocycles. The van der Waals surface area contributed by atoms with Gasteiger partial charge in [0.15, 0.2) is 0 Å². The van der Waals surface area contributed by atoms with Gasteiger partial charge < -0.3 is 15.7 Å². The van der Waals surface area contributed by atoms with Crippen LogP contribution in [0.1, 0.15) is 18.4 Å².